The molecule has 0 aliphatic rings. The first-order valence-corrected chi connectivity index (χ1v) is 11.7. The van der Waals surface area contributed by atoms with Crippen LogP contribution in [0.1, 0.15) is 50.6 Å². The molecule has 0 aliphatic heterocycles. The Labute approximate surface area is 193 Å². The van der Waals surface area contributed by atoms with Crippen LogP contribution in [0.2, 0.25) is 0 Å². The van der Waals surface area contributed by atoms with E-state index in [1.165, 1.54) is 22.5 Å². The number of ether oxygens (including phenoxy) is 2. The molecule has 7 nitrogen and oxygen atoms in total. The van der Waals surface area contributed by atoms with Gasteiger partial charge in [0.2, 0.25) is 0 Å². The van der Waals surface area contributed by atoms with Gasteiger partial charge in [0.15, 0.2) is 10.2 Å². The molecule has 0 bridgehead atoms. The van der Waals surface area contributed by atoms with E-state index >= 15 is 0 Å². The normalized spacial score (nSPS) is 10.7. The van der Waals surface area contributed by atoms with Crippen LogP contribution in [0.5, 0.6) is 0 Å². The van der Waals surface area contributed by atoms with Crippen LogP contribution in [0.3, 0.4) is 0 Å². The Morgan fingerprint density at radius 1 is 1.00 bits per heavy atom. The molecule has 2 heterocycles. The van der Waals surface area contributed by atoms with Crippen molar-refractivity contribution in [1.82, 2.24) is 4.98 Å². The number of hydrogen-bond acceptors (Lipinski definition) is 8. The van der Waals surface area contributed by atoms with Crippen molar-refractivity contribution in [2.24, 2.45) is 0 Å². The summed E-state index contributed by atoms with van der Waals surface area (Å²) < 4.78 is 11.3. The molecule has 2 N–H and O–H groups in total. The smallest absolute Gasteiger partial charge is 0.348 e. The number of nitrogens with zero attached hydrogens (tertiary/aromatic N) is 1. The highest BCUT2D eigenvalue weighted by Gasteiger charge is 2.27. The van der Waals surface area contributed by atoms with Gasteiger partial charge in [-0.3, -0.25) is 0 Å². The van der Waals surface area contributed by atoms with Crippen molar-refractivity contribution >= 4 is 72.3 Å². The topological polar surface area (TPSA) is 89.5 Å². The minimum absolute atomic E-state index is 0.218. The van der Waals surface area contributed by atoms with Crippen LogP contribution in [0, 0.1) is 20.8 Å². The molecular formula is C21H23N3O4S3. The lowest BCUT2D eigenvalue weighted by Gasteiger charge is -2.09. The Hall–Kier alpha value is -2.56. The lowest BCUT2D eigenvalue weighted by atomic mass is 10.1. The van der Waals surface area contributed by atoms with E-state index in [9.17, 15) is 9.59 Å². The molecule has 3 aromatic rings. The van der Waals surface area contributed by atoms with Gasteiger partial charge in [-0.1, -0.05) is 11.3 Å². The summed E-state index contributed by atoms with van der Waals surface area (Å²) in [4.78, 5) is 29.7. The number of carbonyl (C=O) groups excluding carboxylic acids is 2. The first-order valence-electron chi connectivity index (χ1n) is 9.68. The molecule has 0 aliphatic carbocycles. The fraction of sp³-hybridized carbons (Fsp3) is 0.333. The zero-order valence-electron chi connectivity index (χ0n) is 17.9. The monoisotopic (exact) mass is 477 g/mol. The molecule has 0 saturated carbocycles. The van der Waals surface area contributed by atoms with Crippen LogP contribution in [-0.4, -0.2) is 35.2 Å². The van der Waals surface area contributed by atoms with Gasteiger partial charge in [0.05, 0.1) is 29.0 Å². The number of anilines is 2. The largest absolute Gasteiger partial charge is 0.462 e. The van der Waals surface area contributed by atoms with Crippen LogP contribution in [0.25, 0.3) is 10.2 Å². The maximum atomic E-state index is 12.5. The van der Waals surface area contributed by atoms with Gasteiger partial charge < -0.3 is 20.1 Å². The van der Waals surface area contributed by atoms with E-state index in [2.05, 4.69) is 28.6 Å². The molecule has 0 fully saturated rings. The van der Waals surface area contributed by atoms with Crippen molar-refractivity contribution in [2.45, 2.75) is 34.6 Å². The first-order chi connectivity index (χ1) is 14.7. The van der Waals surface area contributed by atoms with E-state index in [-0.39, 0.29) is 23.9 Å². The minimum atomic E-state index is -0.525. The van der Waals surface area contributed by atoms with Gasteiger partial charge in [0.25, 0.3) is 0 Å². The van der Waals surface area contributed by atoms with E-state index in [4.69, 9.17) is 21.7 Å². The molecule has 10 heteroatoms. The summed E-state index contributed by atoms with van der Waals surface area (Å²) in [5, 5.41) is 7.40. The SMILES string of the molecule is CCOC(=O)c1sc(NC(=S)Nc2nc3cc(C)c(C)cc3s2)c(C(=O)OCC)c1C. The summed E-state index contributed by atoms with van der Waals surface area (Å²) in [6.45, 7) is 9.71. The highest BCUT2D eigenvalue weighted by Crippen LogP contribution is 2.35. The molecule has 0 unspecified atom stereocenters. The number of nitrogens with one attached hydrogen (secondary N) is 2. The summed E-state index contributed by atoms with van der Waals surface area (Å²) in [5.41, 5.74) is 4.03. The molecule has 0 atom stereocenters. The average Bonchev–Trinajstić information content (AvgIpc) is 3.22. The number of aromatic nitrogens is 1. The minimum Gasteiger partial charge on any atom is -0.462 e. The molecule has 0 saturated heterocycles. The summed E-state index contributed by atoms with van der Waals surface area (Å²) in [6.07, 6.45) is 0. The maximum Gasteiger partial charge on any atom is 0.348 e. The van der Waals surface area contributed by atoms with E-state index in [0.29, 0.717) is 20.6 Å². The lowest BCUT2D eigenvalue weighted by Crippen LogP contribution is -2.20. The average molecular weight is 478 g/mol. The van der Waals surface area contributed by atoms with Gasteiger partial charge in [-0.2, -0.15) is 0 Å². The number of fused-ring (bicyclic) bond motifs is 1. The molecule has 164 valence electrons. The van der Waals surface area contributed by atoms with Crippen LogP contribution >= 0.6 is 34.9 Å². The molecule has 31 heavy (non-hydrogen) atoms. The zero-order valence-corrected chi connectivity index (χ0v) is 20.3. The van der Waals surface area contributed by atoms with Gasteiger partial charge in [-0.05, 0) is 75.7 Å². The number of carbonyl (C=O) groups is 2. The Balaban J connectivity index is 1.86. The van der Waals surface area contributed by atoms with Crippen LogP contribution in [-0.2, 0) is 9.47 Å². The highest BCUT2D eigenvalue weighted by atomic mass is 32.1. The number of thiocarbonyl (C=S) groups is 1. The third-order valence-corrected chi connectivity index (χ3v) is 6.86. The molecule has 0 spiro atoms. The Bertz CT molecular complexity index is 1130. The standard InChI is InChI=1S/C21H23N3O4S3/c1-6-27-18(25)15-12(5)16(19(26)28-7-2)31-17(15)23-20(29)24-21-22-13-8-10(3)11(4)9-14(13)30-21/h8-9H,6-7H2,1-5H3,(H2,22,23,24,29). The van der Waals surface area contributed by atoms with E-state index in [1.807, 2.05) is 13.0 Å². The summed E-state index contributed by atoms with van der Waals surface area (Å²) in [6, 6.07) is 4.13. The predicted molar refractivity (Wildman–Crippen MR) is 130 cm³/mol. The Morgan fingerprint density at radius 2 is 1.65 bits per heavy atom. The number of rotatable bonds is 6. The fourth-order valence-corrected chi connectivity index (χ4v) is 5.28. The number of aryl methyl sites for hydroxylation is 2. The van der Waals surface area contributed by atoms with Gasteiger partial charge in [-0.25, -0.2) is 14.6 Å². The van der Waals surface area contributed by atoms with Crippen molar-refractivity contribution < 1.29 is 19.1 Å². The number of esters is 2. The van der Waals surface area contributed by atoms with Crippen LogP contribution in [0.15, 0.2) is 12.1 Å². The van der Waals surface area contributed by atoms with E-state index in [0.717, 1.165) is 21.6 Å². The molecule has 0 amide bonds. The summed E-state index contributed by atoms with van der Waals surface area (Å²) >= 11 is 8.03. The second kappa shape index (κ2) is 9.71. The second-order valence-corrected chi connectivity index (χ2v) is 9.16. The van der Waals surface area contributed by atoms with Crippen LogP contribution in [0.4, 0.5) is 10.1 Å². The third-order valence-electron chi connectivity index (χ3n) is 4.54. The van der Waals surface area contributed by atoms with Crippen molar-refractivity contribution in [3.63, 3.8) is 0 Å². The number of thiophene rings is 1. The molecular weight excluding hydrogens is 454 g/mol. The fourth-order valence-electron chi connectivity index (χ4n) is 2.91. The molecule has 3 rings (SSSR count). The van der Waals surface area contributed by atoms with Gasteiger partial charge in [0, 0.05) is 0 Å². The third kappa shape index (κ3) is 5.03. The lowest BCUT2D eigenvalue weighted by molar-refractivity contribution is 0.0527. The van der Waals surface area contributed by atoms with Gasteiger partial charge >= 0.3 is 11.9 Å². The Kier molecular flexibility index (Phi) is 7.24. The molecule has 2 aromatic heterocycles. The van der Waals surface area contributed by atoms with Crippen molar-refractivity contribution in [3.8, 4) is 0 Å². The Morgan fingerprint density at radius 3 is 2.32 bits per heavy atom. The molecule has 1 aromatic carbocycles. The quantitative estimate of drug-likeness (QED) is 0.358. The predicted octanol–water partition coefficient (Wildman–Crippen LogP) is 5.45. The van der Waals surface area contributed by atoms with Crippen molar-refractivity contribution in [3.05, 3.63) is 39.3 Å². The van der Waals surface area contributed by atoms with E-state index in [1.54, 1.807) is 20.8 Å². The van der Waals surface area contributed by atoms with Crippen LogP contribution < -0.4 is 10.6 Å². The first kappa shape index (κ1) is 23.1. The second-order valence-electron chi connectivity index (χ2n) is 6.70. The number of hydrogen-bond donors (Lipinski definition) is 2. The zero-order chi connectivity index (χ0) is 22.7. The van der Waals surface area contributed by atoms with Gasteiger partial charge in [-0.15, -0.1) is 11.3 Å². The maximum absolute atomic E-state index is 12.5. The van der Waals surface area contributed by atoms with Gasteiger partial charge in [0.1, 0.15) is 9.88 Å². The summed E-state index contributed by atoms with van der Waals surface area (Å²) in [5.74, 6) is -1.01. The van der Waals surface area contributed by atoms with Crippen molar-refractivity contribution in [1.29, 1.82) is 0 Å². The summed E-state index contributed by atoms with van der Waals surface area (Å²) in [7, 11) is 0. The number of thiazole rings is 1. The van der Waals surface area contributed by atoms with Crippen molar-refractivity contribution in [2.75, 3.05) is 23.8 Å². The number of benzene rings is 1. The highest BCUT2D eigenvalue weighted by molar-refractivity contribution is 7.80. The molecule has 0 radical (unpaired) electrons. The van der Waals surface area contributed by atoms with E-state index < -0.39 is 11.9 Å².